The van der Waals surface area contributed by atoms with Gasteiger partial charge in [-0.2, -0.15) is 9.40 Å². The molecule has 1 fully saturated rings. The van der Waals surface area contributed by atoms with Crippen LogP contribution in [0.25, 0.3) is 10.6 Å². The van der Waals surface area contributed by atoms with Gasteiger partial charge in [-0.05, 0) is 18.2 Å². The Balaban J connectivity index is 1.32. The van der Waals surface area contributed by atoms with Crippen LogP contribution in [0.5, 0.6) is 0 Å². The Bertz CT molecular complexity index is 1410. The van der Waals surface area contributed by atoms with Gasteiger partial charge in [-0.15, -0.1) is 11.3 Å². The van der Waals surface area contributed by atoms with Crippen molar-refractivity contribution in [2.75, 3.05) is 37.6 Å². The molecule has 0 aliphatic carbocycles. The third kappa shape index (κ3) is 6.26. The molecule has 0 bridgehead atoms. The van der Waals surface area contributed by atoms with Gasteiger partial charge in [0, 0.05) is 51.1 Å². The summed E-state index contributed by atoms with van der Waals surface area (Å²) in [4.78, 5) is 46.2. The minimum absolute atomic E-state index is 0.0752. The van der Waals surface area contributed by atoms with Crippen LogP contribution in [0.2, 0.25) is 0 Å². The molecule has 0 saturated carbocycles. The number of hydrogen-bond acceptors (Lipinski definition) is 10. The summed E-state index contributed by atoms with van der Waals surface area (Å²) in [7, 11) is -3.69. The molecule has 1 aliphatic rings. The largest absolute Gasteiger partial charge is 0.353 e. The van der Waals surface area contributed by atoms with Gasteiger partial charge >= 0.3 is 0 Å². The third-order valence-electron chi connectivity index (χ3n) is 5.84. The number of carbonyl (C=O) groups excluding carboxylic acids is 2. The number of ketones is 1. The molecule has 0 spiro atoms. The summed E-state index contributed by atoms with van der Waals surface area (Å²) >= 11 is 1.10. The van der Waals surface area contributed by atoms with Crippen molar-refractivity contribution < 1.29 is 18.0 Å². The average Bonchev–Trinajstić information content (AvgIpc) is 3.40. The maximum Gasteiger partial charge on any atom is 0.271 e. The fourth-order valence-electron chi connectivity index (χ4n) is 3.64. The first-order chi connectivity index (χ1) is 17.6. The molecule has 2 N–H and O–H groups in total. The number of aromatic nitrogens is 4. The molecule has 4 rings (SSSR count). The van der Waals surface area contributed by atoms with E-state index in [2.05, 4.69) is 25.5 Å². The van der Waals surface area contributed by atoms with Crippen LogP contribution in [0, 0.1) is 5.92 Å². The number of rotatable bonds is 9. The fraction of sp³-hybridized carbons (Fsp3) is 0.391. The van der Waals surface area contributed by atoms with E-state index in [4.69, 9.17) is 0 Å². The summed E-state index contributed by atoms with van der Waals surface area (Å²) in [5.41, 5.74) is 0.312. The third-order valence-corrected chi connectivity index (χ3v) is 9.32. The molecule has 196 valence electrons. The number of nitrogens with zero attached hydrogens (tertiary/aromatic N) is 5. The van der Waals surface area contributed by atoms with Crippen LogP contribution >= 0.6 is 11.3 Å². The highest BCUT2D eigenvalue weighted by Gasteiger charge is 2.30. The van der Waals surface area contributed by atoms with Crippen LogP contribution in [0.4, 0.5) is 5.82 Å². The quantitative estimate of drug-likeness (QED) is 0.402. The Labute approximate surface area is 217 Å². The molecular weight excluding hydrogens is 518 g/mol. The van der Waals surface area contributed by atoms with E-state index in [1.807, 2.05) is 18.7 Å². The van der Waals surface area contributed by atoms with Crippen molar-refractivity contribution in [2.45, 2.75) is 24.5 Å². The maximum atomic E-state index is 13.2. The van der Waals surface area contributed by atoms with Gasteiger partial charge in [-0.3, -0.25) is 14.4 Å². The van der Waals surface area contributed by atoms with Gasteiger partial charge in [0.15, 0.2) is 0 Å². The molecule has 12 nitrogen and oxygen atoms in total. The zero-order valence-corrected chi connectivity index (χ0v) is 22.0. The van der Waals surface area contributed by atoms with E-state index in [9.17, 15) is 22.8 Å². The van der Waals surface area contributed by atoms with Crippen molar-refractivity contribution in [2.24, 2.45) is 5.92 Å². The van der Waals surface area contributed by atoms with Gasteiger partial charge in [-0.25, -0.2) is 23.5 Å². The molecule has 1 amide bonds. The lowest BCUT2D eigenvalue weighted by atomic mass is 10.1. The molecule has 3 aromatic rings. The average molecular weight is 546 g/mol. The molecule has 0 aromatic carbocycles. The van der Waals surface area contributed by atoms with Gasteiger partial charge < -0.3 is 10.2 Å². The molecule has 3 aromatic heterocycles. The summed E-state index contributed by atoms with van der Waals surface area (Å²) < 4.78 is 27.9. The second-order valence-corrected chi connectivity index (χ2v) is 12.0. The predicted octanol–water partition coefficient (Wildman–Crippen LogP) is 1.14. The van der Waals surface area contributed by atoms with Gasteiger partial charge in [0.2, 0.25) is 0 Å². The smallest absolute Gasteiger partial charge is 0.271 e. The zero-order chi connectivity index (χ0) is 26.6. The van der Waals surface area contributed by atoms with Crippen LogP contribution < -0.4 is 15.8 Å². The first-order valence-corrected chi connectivity index (χ1v) is 13.9. The van der Waals surface area contributed by atoms with Crippen molar-refractivity contribution >= 4 is 38.9 Å². The number of nitrogens with one attached hydrogen (secondary N) is 2. The Kier molecular flexibility index (Phi) is 8.10. The number of sulfonamides is 1. The number of thiophene rings is 1. The highest BCUT2D eigenvalue weighted by molar-refractivity contribution is 7.91. The number of H-pyrrole nitrogens is 1. The van der Waals surface area contributed by atoms with Gasteiger partial charge in [0.25, 0.3) is 21.5 Å². The van der Waals surface area contributed by atoms with Crippen molar-refractivity contribution in [3.63, 3.8) is 0 Å². The molecule has 0 unspecified atom stereocenters. The minimum Gasteiger partial charge on any atom is -0.353 e. The number of carbonyl (C=O) groups is 2. The second kappa shape index (κ2) is 11.3. The molecule has 37 heavy (non-hydrogen) atoms. The normalized spacial score (nSPS) is 14.6. The highest BCUT2D eigenvalue weighted by atomic mass is 32.2. The topological polar surface area (TPSA) is 158 Å². The summed E-state index contributed by atoms with van der Waals surface area (Å²) in [6.45, 7) is 5.22. The minimum atomic E-state index is -3.69. The first kappa shape index (κ1) is 26.6. The Morgan fingerprint density at radius 1 is 1.08 bits per heavy atom. The lowest BCUT2D eigenvalue weighted by molar-refractivity contribution is -0.121. The van der Waals surface area contributed by atoms with Crippen LogP contribution in [-0.4, -0.2) is 77.3 Å². The van der Waals surface area contributed by atoms with Crippen molar-refractivity contribution in [1.29, 1.82) is 0 Å². The van der Waals surface area contributed by atoms with Crippen molar-refractivity contribution in [1.82, 2.24) is 29.8 Å². The van der Waals surface area contributed by atoms with Crippen LogP contribution in [0.3, 0.4) is 0 Å². The van der Waals surface area contributed by atoms with E-state index >= 15 is 0 Å². The number of amides is 1. The molecule has 1 aliphatic heterocycles. The summed E-state index contributed by atoms with van der Waals surface area (Å²) in [5.74, 6) is 0.145. The Morgan fingerprint density at radius 3 is 2.46 bits per heavy atom. The maximum absolute atomic E-state index is 13.2. The fourth-order valence-corrected chi connectivity index (χ4v) is 6.50. The van der Waals surface area contributed by atoms with E-state index in [0.29, 0.717) is 29.5 Å². The number of anilines is 1. The van der Waals surface area contributed by atoms with Crippen LogP contribution in [-0.2, 0) is 14.8 Å². The second-order valence-electron chi connectivity index (χ2n) is 8.70. The van der Waals surface area contributed by atoms with Crippen LogP contribution in [0.15, 0.2) is 45.7 Å². The van der Waals surface area contributed by atoms with E-state index in [1.54, 1.807) is 18.2 Å². The summed E-state index contributed by atoms with van der Waals surface area (Å²) in [6.07, 6.45) is 3.12. The molecule has 0 radical (unpaired) electrons. The van der Waals surface area contributed by atoms with E-state index in [1.165, 1.54) is 22.8 Å². The van der Waals surface area contributed by atoms with Gasteiger partial charge in [-0.1, -0.05) is 13.8 Å². The first-order valence-electron chi connectivity index (χ1n) is 11.7. The molecule has 4 heterocycles. The van der Waals surface area contributed by atoms with Gasteiger partial charge in [0.05, 0.1) is 17.3 Å². The summed E-state index contributed by atoms with van der Waals surface area (Å²) in [6, 6.07) is 6.10. The number of piperazine rings is 1. The van der Waals surface area contributed by atoms with Gasteiger partial charge in [0.1, 0.15) is 27.2 Å². The van der Waals surface area contributed by atoms with E-state index < -0.39 is 15.9 Å². The Morgan fingerprint density at radius 2 is 1.84 bits per heavy atom. The lowest BCUT2D eigenvalue weighted by Crippen LogP contribution is -2.48. The summed E-state index contributed by atoms with van der Waals surface area (Å²) in [5, 5.41) is 8.97. The zero-order valence-electron chi connectivity index (χ0n) is 20.4. The molecule has 1 saturated heterocycles. The SMILES string of the molecule is CC(C)C(=O)CCNC(=O)c1cnc(N2CCN(S(=O)(=O)c3ccc(-c4ccc(=O)[nH]n4)s3)CC2)cn1. The lowest BCUT2D eigenvalue weighted by Gasteiger charge is -2.34. The standard InChI is InChI=1S/C23H27N7O5S2/c1-15(2)18(31)7-8-24-23(33)17-13-26-20(14-25-17)29-9-11-30(12-10-29)37(34,35)22-6-4-19(36-22)16-3-5-21(32)28-27-16/h3-6,13-15H,7-12H2,1-2H3,(H,24,33)(H,28,32). The van der Waals surface area contributed by atoms with E-state index in [-0.39, 0.29) is 53.2 Å². The molecule has 14 heteroatoms. The number of aromatic amines is 1. The Hall–Kier alpha value is -3.49. The monoisotopic (exact) mass is 545 g/mol. The van der Waals surface area contributed by atoms with Crippen molar-refractivity contribution in [3.05, 3.63) is 52.7 Å². The van der Waals surface area contributed by atoms with Crippen LogP contribution in [0.1, 0.15) is 30.8 Å². The molecule has 0 atom stereocenters. The highest BCUT2D eigenvalue weighted by Crippen LogP contribution is 2.31. The molecular formula is C23H27N7O5S2. The van der Waals surface area contributed by atoms with E-state index in [0.717, 1.165) is 11.3 Å². The number of hydrogen-bond donors (Lipinski definition) is 2. The number of Topliss-reactive ketones (excluding diaryl/α,β-unsaturated/α-hetero) is 1. The van der Waals surface area contributed by atoms with Crippen molar-refractivity contribution in [3.8, 4) is 10.6 Å². The predicted molar refractivity (Wildman–Crippen MR) is 138 cm³/mol.